The third kappa shape index (κ3) is 9.14. The maximum atomic E-state index is 12.9. The van der Waals surface area contributed by atoms with E-state index < -0.39 is 0 Å². The Morgan fingerprint density at radius 2 is 1.07 bits per heavy atom. The minimum absolute atomic E-state index is 0.0686. The molecule has 2 amide bonds. The predicted octanol–water partition coefficient (Wildman–Crippen LogP) is 3.95. The van der Waals surface area contributed by atoms with Crippen molar-refractivity contribution in [2.75, 3.05) is 83.8 Å². The van der Waals surface area contributed by atoms with Crippen LogP contribution in [-0.2, 0) is 53.1 Å². The van der Waals surface area contributed by atoms with Gasteiger partial charge in [-0.05, 0) is 94.1 Å². The van der Waals surface area contributed by atoms with Gasteiger partial charge < -0.3 is 53.0 Å². The zero-order chi connectivity index (χ0) is 41.7. The van der Waals surface area contributed by atoms with Gasteiger partial charge in [-0.3, -0.25) is 9.59 Å². The number of amides is 2. The molecule has 2 aliphatic rings. The number of hydrogen-bond donors (Lipinski definition) is 1. The molecular weight excluding hydrogens is 727 g/mol. The summed E-state index contributed by atoms with van der Waals surface area (Å²) in [7, 11) is 21.7. The number of hydrogen-bond acceptors (Lipinski definition) is 10. The number of nitrogens with zero attached hydrogens (tertiary/aromatic N) is 6. The Labute approximate surface area is 336 Å². The molecule has 4 heterocycles. The van der Waals surface area contributed by atoms with Crippen LogP contribution in [0.2, 0.25) is 0 Å². The maximum Gasteiger partial charge on any atom is 0.319 e. The Hall–Kier alpha value is -5.31. The number of pyridine rings is 2. The van der Waals surface area contributed by atoms with E-state index in [0.29, 0.717) is 38.2 Å². The first-order valence-electron chi connectivity index (χ1n) is 19.0. The van der Waals surface area contributed by atoms with E-state index in [2.05, 4.69) is 15.1 Å². The van der Waals surface area contributed by atoms with E-state index in [1.807, 2.05) is 64.8 Å². The standard InChI is InChI=1S/C23H32N4O4.C20H27N3O3/c1-24(2)12-19-20(30-6)10-15(11-21(19)31-7)17-13-26(5)22(28)18-14-27(9-8-16(17)18)23(29)25(3)4;1-22(2)11-17-18(25-4)8-13(9-19(17)26-5)16-12-23(3)20(24)15-10-21-7-6-14(15)16/h10-11,13H,8-9,12,14H2,1-7H3;8-9,12,21H,6-7,10-11H2,1-5H3. The van der Waals surface area contributed by atoms with E-state index in [-0.39, 0.29) is 17.1 Å². The van der Waals surface area contributed by atoms with Crippen molar-refractivity contribution in [2.24, 2.45) is 14.1 Å². The van der Waals surface area contributed by atoms with Crippen molar-refractivity contribution in [2.45, 2.75) is 39.0 Å². The lowest BCUT2D eigenvalue weighted by Crippen LogP contribution is -2.44. The third-order valence-corrected chi connectivity index (χ3v) is 10.5. The summed E-state index contributed by atoms with van der Waals surface area (Å²) in [6, 6.07) is 8.00. The van der Waals surface area contributed by atoms with E-state index in [9.17, 15) is 14.4 Å². The highest BCUT2D eigenvalue weighted by atomic mass is 16.5. The van der Waals surface area contributed by atoms with Crippen LogP contribution in [0.1, 0.15) is 33.4 Å². The molecule has 2 aromatic heterocycles. The van der Waals surface area contributed by atoms with Crippen LogP contribution in [0.25, 0.3) is 22.3 Å². The Balaban J connectivity index is 0.000000221. The van der Waals surface area contributed by atoms with E-state index in [1.165, 1.54) is 0 Å². The lowest BCUT2D eigenvalue weighted by atomic mass is 9.91. The maximum absolute atomic E-state index is 12.9. The fraction of sp³-hybridized carbons (Fsp3) is 0.465. The van der Waals surface area contributed by atoms with Gasteiger partial charge in [-0.2, -0.15) is 0 Å². The summed E-state index contributed by atoms with van der Waals surface area (Å²) >= 11 is 0. The van der Waals surface area contributed by atoms with Gasteiger partial charge in [0.25, 0.3) is 11.1 Å². The quantitative estimate of drug-likeness (QED) is 0.253. The number of ether oxygens (including phenoxy) is 4. The van der Waals surface area contributed by atoms with Crippen LogP contribution in [0.15, 0.2) is 46.2 Å². The molecule has 57 heavy (non-hydrogen) atoms. The molecule has 2 aliphatic heterocycles. The van der Waals surface area contributed by atoms with Crippen LogP contribution in [-0.4, -0.2) is 119 Å². The first-order valence-corrected chi connectivity index (χ1v) is 19.0. The first kappa shape index (κ1) is 42.8. The number of carbonyl (C=O) groups excluding carboxylic acids is 1. The van der Waals surface area contributed by atoms with Gasteiger partial charge in [0.1, 0.15) is 23.0 Å². The molecule has 0 radical (unpaired) electrons. The van der Waals surface area contributed by atoms with Crippen LogP contribution in [0.5, 0.6) is 23.0 Å². The normalized spacial score (nSPS) is 13.4. The van der Waals surface area contributed by atoms with E-state index in [0.717, 1.165) is 92.6 Å². The number of methoxy groups -OCH3 is 4. The summed E-state index contributed by atoms with van der Waals surface area (Å²) in [5, 5.41) is 3.30. The van der Waals surface area contributed by atoms with Crippen LogP contribution in [0.4, 0.5) is 4.79 Å². The highest BCUT2D eigenvalue weighted by molar-refractivity contribution is 5.76. The number of nitrogens with one attached hydrogen (secondary N) is 1. The van der Waals surface area contributed by atoms with Gasteiger partial charge in [0.05, 0.1) is 46.1 Å². The van der Waals surface area contributed by atoms with Gasteiger partial charge in [0, 0.05) is 89.0 Å². The molecule has 0 unspecified atom stereocenters. The van der Waals surface area contributed by atoms with Crippen molar-refractivity contribution < 1.29 is 23.7 Å². The fourth-order valence-electron chi connectivity index (χ4n) is 7.70. The number of benzene rings is 2. The summed E-state index contributed by atoms with van der Waals surface area (Å²) < 4.78 is 26.0. The molecule has 1 N–H and O–H groups in total. The van der Waals surface area contributed by atoms with E-state index in [1.54, 1.807) is 75.6 Å². The molecular formula is C43H59N7O7. The predicted molar refractivity (Wildman–Crippen MR) is 224 cm³/mol. The minimum Gasteiger partial charge on any atom is -0.496 e. The lowest BCUT2D eigenvalue weighted by molar-refractivity contribution is 0.165. The second kappa shape index (κ2) is 18.3. The zero-order valence-corrected chi connectivity index (χ0v) is 35.7. The molecule has 0 saturated heterocycles. The monoisotopic (exact) mass is 785 g/mol. The smallest absolute Gasteiger partial charge is 0.319 e. The Bertz CT molecular complexity index is 2170. The second-order valence-electron chi connectivity index (χ2n) is 15.3. The largest absolute Gasteiger partial charge is 0.496 e. The lowest BCUT2D eigenvalue weighted by Gasteiger charge is -2.32. The molecule has 0 saturated carbocycles. The van der Waals surface area contributed by atoms with Crippen LogP contribution >= 0.6 is 0 Å². The number of aromatic nitrogens is 2. The Kier molecular flexibility index (Phi) is 13.8. The molecule has 0 spiro atoms. The SMILES string of the molecule is COc1cc(-c2cn(C)c(=O)c3c2CCN(C(=O)N(C)C)C3)cc(OC)c1CN(C)C.COc1cc(-c2cn(C)c(=O)c3c2CCNC3)cc(OC)c1CN(C)C. The minimum atomic E-state index is -0.0884. The summed E-state index contributed by atoms with van der Waals surface area (Å²) in [5.41, 5.74) is 9.57. The summed E-state index contributed by atoms with van der Waals surface area (Å²) in [4.78, 5) is 45.3. The third-order valence-electron chi connectivity index (χ3n) is 10.5. The first-order chi connectivity index (χ1) is 27.1. The number of fused-ring (bicyclic) bond motifs is 2. The topological polar surface area (TPSA) is 123 Å². The zero-order valence-electron chi connectivity index (χ0n) is 35.7. The van der Waals surface area contributed by atoms with Gasteiger partial charge in [-0.25, -0.2) is 4.79 Å². The molecule has 308 valence electrons. The van der Waals surface area contributed by atoms with E-state index in [4.69, 9.17) is 18.9 Å². The van der Waals surface area contributed by atoms with Gasteiger partial charge in [-0.1, -0.05) is 0 Å². The van der Waals surface area contributed by atoms with Crippen LogP contribution in [0.3, 0.4) is 0 Å². The number of aryl methyl sites for hydroxylation is 2. The summed E-state index contributed by atoms with van der Waals surface area (Å²) in [5.74, 6) is 3.07. The molecule has 14 nitrogen and oxygen atoms in total. The number of urea groups is 1. The van der Waals surface area contributed by atoms with Crippen molar-refractivity contribution in [3.8, 4) is 45.3 Å². The molecule has 2 aromatic carbocycles. The summed E-state index contributed by atoms with van der Waals surface area (Å²) in [6.07, 6.45) is 5.24. The molecule has 0 fully saturated rings. The van der Waals surface area contributed by atoms with Crippen molar-refractivity contribution in [3.63, 3.8) is 0 Å². The van der Waals surface area contributed by atoms with Crippen molar-refractivity contribution in [1.29, 1.82) is 0 Å². The van der Waals surface area contributed by atoms with Gasteiger partial charge in [0.2, 0.25) is 0 Å². The van der Waals surface area contributed by atoms with Crippen molar-refractivity contribution >= 4 is 6.03 Å². The fourth-order valence-corrected chi connectivity index (χ4v) is 7.70. The highest BCUT2D eigenvalue weighted by Gasteiger charge is 2.28. The average Bonchev–Trinajstić information content (AvgIpc) is 3.20. The molecule has 0 bridgehead atoms. The van der Waals surface area contributed by atoms with Gasteiger partial charge in [0.15, 0.2) is 0 Å². The molecule has 0 atom stereocenters. The molecule has 6 rings (SSSR count). The number of rotatable bonds is 10. The Morgan fingerprint density at radius 3 is 1.47 bits per heavy atom. The van der Waals surface area contributed by atoms with E-state index >= 15 is 0 Å². The molecule has 4 aromatic rings. The molecule has 0 aliphatic carbocycles. The number of carbonyl (C=O) groups is 1. The second-order valence-corrected chi connectivity index (χ2v) is 15.3. The van der Waals surface area contributed by atoms with Crippen LogP contribution in [0, 0.1) is 0 Å². The van der Waals surface area contributed by atoms with Crippen molar-refractivity contribution in [1.82, 2.24) is 34.1 Å². The van der Waals surface area contributed by atoms with Crippen molar-refractivity contribution in [3.05, 3.63) is 90.7 Å². The van der Waals surface area contributed by atoms with Gasteiger partial charge in [-0.15, -0.1) is 0 Å². The van der Waals surface area contributed by atoms with Crippen LogP contribution < -0.4 is 35.4 Å². The highest BCUT2D eigenvalue weighted by Crippen LogP contribution is 2.39. The summed E-state index contributed by atoms with van der Waals surface area (Å²) in [6.45, 7) is 3.77. The Morgan fingerprint density at radius 1 is 0.649 bits per heavy atom. The average molecular weight is 786 g/mol. The molecule has 14 heteroatoms. The van der Waals surface area contributed by atoms with Gasteiger partial charge >= 0.3 is 6.03 Å².